The largest absolute Gasteiger partial charge is 0.385 e. The fourth-order valence-electron chi connectivity index (χ4n) is 3.55. The van der Waals surface area contributed by atoms with E-state index in [-0.39, 0.29) is 11.3 Å². The minimum atomic E-state index is 0.102. The smallest absolute Gasteiger partial charge is 0.251 e. The zero-order chi connectivity index (χ0) is 14.2. The monoisotopic (exact) mass is 272 g/mol. The number of nitrogens with one attached hydrogen (secondary N) is 2. The summed E-state index contributed by atoms with van der Waals surface area (Å²) in [7, 11) is 0. The third-order valence-corrected chi connectivity index (χ3v) is 4.90. The molecule has 1 aromatic rings. The molecule has 0 spiro atoms. The molecule has 2 aliphatic rings. The van der Waals surface area contributed by atoms with Gasteiger partial charge in [0.15, 0.2) is 0 Å². The highest BCUT2D eigenvalue weighted by Gasteiger charge is 2.35. The molecule has 3 heteroatoms. The van der Waals surface area contributed by atoms with Gasteiger partial charge in [-0.3, -0.25) is 4.79 Å². The van der Waals surface area contributed by atoms with Gasteiger partial charge in [0, 0.05) is 23.8 Å². The van der Waals surface area contributed by atoms with Crippen LogP contribution >= 0.6 is 0 Å². The van der Waals surface area contributed by atoms with Crippen LogP contribution in [-0.2, 0) is 6.42 Å². The van der Waals surface area contributed by atoms with E-state index in [0.29, 0.717) is 6.04 Å². The molecule has 1 fully saturated rings. The molecule has 0 saturated heterocycles. The van der Waals surface area contributed by atoms with Gasteiger partial charge in [0.25, 0.3) is 5.91 Å². The van der Waals surface area contributed by atoms with Gasteiger partial charge in [-0.2, -0.15) is 0 Å². The molecular weight excluding hydrogens is 248 g/mol. The average molecular weight is 272 g/mol. The first-order chi connectivity index (χ1) is 9.58. The van der Waals surface area contributed by atoms with Crippen molar-refractivity contribution in [2.45, 2.75) is 52.0 Å². The number of hydrogen-bond acceptors (Lipinski definition) is 2. The lowest BCUT2D eigenvalue weighted by Crippen LogP contribution is -2.41. The highest BCUT2D eigenvalue weighted by molar-refractivity contribution is 5.97. The van der Waals surface area contributed by atoms with E-state index < -0.39 is 0 Å². The molecule has 1 unspecified atom stereocenters. The van der Waals surface area contributed by atoms with Crippen LogP contribution in [0.15, 0.2) is 18.2 Å². The lowest BCUT2D eigenvalue weighted by molar-refractivity contribution is 0.0909. The van der Waals surface area contributed by atoms with Gasteiger partial charge < -0.3 is 10.6 Å². The summed E-state index contributed by atoms with van der Waals surface area (Å²) in [6.07, 6.45) is 5.62. The van der Waals surface area contributed by atoms with E-state index in [4.69, 9.17) is 0 Å². The number of rotatable bonds is 2. The van der Waals surface area contributed by atoms with E-state index in [0.717, 1.165) is 37.1 Å². The van der Waals surface area contributed by atoms with Crippen molar-refractivity contribution in [2.75, 3.05) is 11.9 Å². The molecule has 1 aliphatic carbocycles. The maximum atomic E-state index is 12.6. The highest BCUT2D eigenvalue weighted by Crippen LogP contribution is 2.37. The Morgan fingerprint density at radius 2 is 2.20 bits per heavy atom. The van der Waals surface area contributed by atoms with Gasteiger partial charge in [-0.1, -0.05) is 26.3 Å². The second-order valence-corrected chi connectivity index (χ2v) is 6.77. The van der Waals surface area contributed by atoms with Gasteiger partial charge in [0.2, 0.25) is 0 Å². The van der Waals surface area contributed by atoms with Crippen LogP contribution in [0.3, 0.4) is 0 Å². The minimum Gasteiger partial charge on any atom is -0.385 e. The van der Waals surface area contributed by atoms with E-state index in [9.17, 15) is 4.79 Å². The van der Waals surface area contributed by atoms with Crippen molar-refractivity contribution in [2.24, 2.45) is 5.41 Å². The summed E-state index contributed by atoms with van der Waals surface area (Å²) >= 11 is 0. The zero-order valence-corrected chi connectivity index (χ0v) is 12.5. The first-order valence-electron chi connectivity index (χ1n) is 7.74. The summed E-state index contributed by atoms with van der Waals surface area (Å²) in [6, 6.07) is 6.32. The van der Waals surface area contributed by atoms with E-state index in [1.54, 1.807) is 0 Å². The molecule has 20 heavy (non-hydrogen) atoms. The predicted octanol–water partition coefficient (Wildman–Crippen LogP) is 3.35. The summed E-state index contributed by atoms with van der Waals surface area (Å²) in [5, 5.41) is 6.66. The van der Waals surface area contributed by atoms with E-state index in [1.807, 2.05) is 12.1 Å². The van der Waals surface area contributed by atoms with Crippen molar-refractivity contribution < 1.29 is 4.79 Å². The molecule has 0 bridgehead atoms. The molecule has 1 atom stereocenters. The second kappa shape index (κ2) is 5.12. The summed E-state index contributed by atoms with van der Waals surface area (Å²) in [6.45, 7) is 5.52. The summed E-state index contributed by atoms with van der Waals surface area (Å²) in [4.78, 5) is 12.6. The Kier molecular flexibility index (Phi) is 3.45. The number of benzene rings is 1. The third kappa shape index (κ3) is 2.41. The van der Waals surface area contributed by atoms with Crippen molar-refractivity contribution >= 4 is 11.6 Å². The molecule has 3 rings (SSSR count). The molecule has 3 nitrogen and oxygen atoms in total. The molecular formula is C17H24N2O. The Balaban J connectivity index is 1.81. The average Bonchev–Trinajstić information content (AvgIpc) is 2.77. The fraction of sp³-hybridized carbons (Fsp3) is 0.588. The quantitative estimate of drug-likeness (QED) is 0.867. The van der Waals surface area contributed by atoms with Gasteiger partial charge in [-0.25, -0.2) is 0 Å². The van der Waals surface area contributed by atoms with Crippen molar-refractivity contribution in [1.82, 2.24) is 5.32 Å². The SMILES string of the molecule is CC1(C)CCCC1NC(=O)c1cccc2c1CCCN2. The Bertz CT molecular complexity index is 522. The van der Waals surface area contributed by atoms with E-state index >= 15 is 0 Å². The number of fused-ring (bicyclic) bond motifs is 1. The van der Waals surface area contributed by atoms with Crippen LogP contribution in [0.4, 0.5) is 5.69 Å². The van der Waals surface area contributed by atoms with Crippen molar-refractivity contribution in [3.05, 3.63) is 29.3 Å². The Hall–Kier alpha value is -1.51. The van der Waals surface area contributed by atoms with Crippen molar-refractivity contribution in [3.8, 4) is 0 Å². The Morgan fingerprint density at radius 1 is 1.35 bits per heavy atom. The summed E-state index contributed by atoms with van der Waals surface area (Å²) < 4.78 is 0. The third-order valence-electron chi connectivity index (χ3n) is 4.90. The number of anilines is 1. The summed E-state index contributed by atoms with van der Waals surface area (Å²) in [5.74, 6) is 0.102. The first-order valence-corrected chi connectivity index (χ1v) is 7.74. The molecule has 1 aliphatic heterocycles. The molecule has 1 amide bonds. The standard InChI is InChI=1S/C17H24N2O/c1-17(2)10-4-9-15(17)19-16(20)13-6-3-8-14-12(13)7-5-11-18-14/h3,6,8,15,18H,4-5,7,9-11H2,1-2H3,(H,19,20). The molecule has 108 valence electrons. The van der Waals surface area contributed by atoms with Crippen LogP contribution in [0.2, 0.25) is 0 Å². The number of carbonyl (C=O) groups is 1. The van der Waals surface area contributed by atoms with Crippen LogP contribution in [-0.4, -0.2) is 18.5 Å². The van der Waals surface area contributed by atoms with Crippen LogP contribution in [0.1, 0.15) is 55.5 Å². The lowest BCUT2D eigenvalue weighted by Gasteiger charge is -2.28. The predicted molar refractivity (Wildman–Crippen MR) is 82.1 cm³/mol. The van der Waals surface area contributed by atoms with Crippen molar-refractivity contribution in [1.29, 1.82) is 0 Å². The number of carbonyl (C=O) groups excluding carboxylic acids is 1. The topological polar surface area (TPSA) is 41.1 Å². The lowest BCUT2D eigenvalue weighted by atomic mass is 9.87. The molecule has 1 heterocycles. The van der Waals surface area contributed by atoms with Crippen LogP contribution in [0, 0.1) is 5.41 Å². The van der Waals surface area contributed by atoms with Gasteiger partial charge in [0.05, 0.1) is 0 Å². The molecule has 1 saturated carbocycles. The Labute approximate surface area is 121 Å². The maximum Gasteiger partial charge on any atom is 0.251 e. The van der Waals surface area contributed by atoms with Gasteiger partial charge in [-0.15, -0.1) is 0 Å². The molecule has 0 aromatic heterocycles. The molecule has 1 aromatic carbocycles. The van der Waals surface area contributed by atoms with Gasteiger partial charge >= 0.3 is 0 Å². The second-order valence-electron chi connectivity index (χ2n) is 6.77. The highest BCUT2D eigenvalue weighted by atomic mass is 16.1. The fourth-order valence-corrected chi connectivity index (χ4v) is 3.55. The normalized spacial score (nSPS) is 23.8. The Morgan fingerprint density at radius 3 is 2.95 bits per heavy atom. The van der Waals surface area contributed by atoms with Gasteiger partial charge in [-0.05, 0) is 48.8 Å². The summed E-state index contributed by atoms with van der Waals surface area (Å²) in [5.41, 5.74) is 3.40. The first kappa shape index (κ1) is 13.5. The van der Waals surface area contributed by atoms with Crippen LogP contribution in [0.5, 0.6) is 0 Å². The molecule has 0 radical (unpaired) electrons. The maximum absolute atomic E-state index is 12.6. The number of amides is 1. The van der Waals surface area contributed by atoms with Crippen LogP contribution in [0.25, 0.3) is 0 Å². The van der Waals surface area contributed by atoms with Crippen LogP contribution < -0.4 is 10.6 Å². The van der Waals surface area contributed by atoms with E-state index in [2.05, 4.69) is 30.5 Å². The molecule has 2 N–H and O–H groups in total. The van der Waals surface area contributed by atoms with Crippen molar-refractivity contribution in [3.63, 3.8) is 0 Å². The zero-order valence-electron chi connectivity index (χ0n) is 12.5. The van der Waals surface area contributed by atoms with E-state index in [1.165, 1.54) is 18.4 Å². The minimum absolute atomic E-state index is 0.102. The van der Waals surface area contributed by atoms with Gasteiger partial charge in [0.1, 0.15) is 0 Å². The number of hydrogen-bond donors (Lipinski definition) is 2.